The summed E-state index contributed by atoms with van der Waals surface area (Å²) in [5, 5.41) is 12.0. The van der Waals surface area contributed by atoms with Crippen molar-refractivity contribution in [1.29, 1.82) is 0 Å². The molecule has 2 aromatic carbocycles. The molecular formula is C25H35KO5S. The van der Waals surface area contributed by atoms with E-state index in [9.17, 15) is 18.1 Å². The van der Waals surface area contributed by atoms with Crippen LogP contribution in [-0.2, 0) is 16.5 Å². The second kappa shape index (κ2) is 16.3. The second-order valence-corrected chi connectivity index (χ2v) is 9.48. The van der Waals surface area contributed by atoms with Crippen molar-refractivity contribution < 1.29 is 74.2 Å². The van der Waals surface area contributed by atoms with Gasteiger partial charge in [0.1, 0.15) is 10.6 Å². The van der Waals surface area contributed by atoms with Crippen LogP contribution in [-0.4, -0.2) is 13.0 Å². The summed E-state index contributed by atoms with van der Waals surface area (Å²) in [5.41, 5.74) is 0.514. The Morgan fingerprint density at radius 3 is 1.91 bits per heavy atom. The van der Waals surface area contributed by atoms with Crippen LogP contribution < -0.4 is 61.2 Å². The number of ether oxygens (including phenoxy) is 1. The maximum atomic E-state index is 12.0. The van der Waals surface area contributed by atoms with E-state index >= 15 is 0 Å². The number of benzene rings is 2. The van der Waals surface area contributed by atoms with Crippen LogP contribution in [0, 0.1) is 0 Å². The first-order chi connectivity index (χ1) is 14.9. The molecule has 0 fully saturated rings. The summed E-state index contributed by atoms with van der Waals surface area (Å²) >= 11 is 0. The van der Waals surface area contributed by atoms with Gasteiger partial charge in [0.15, 0.2) is 5.75 Å². The van der Waals surface area contributed by atoms with Gasteiger partial charge in [-0.05, 0) is 36.6 Å². The van der Waals surface area contributed by atoms with Gasteiger partial charge in [0.05, 0.1) is 0 Å². The van der Waals surface area contributed by atoms with E-state index < -0.39 is 20.8 Å². The van der Waals surface area contributed by atoms with Gasteiger partial charge < -0.3 is 9.84 Å². The van der Waals surface area contributed by atoms with Gasteiger partial charge in [-0.3, -0.25) is 4.55 Å². The second-order valence-electron chi connectivity index (χ2n) is 8.09. The third kappa shape index (κ3) is 11.1. The molecule has 5 nitrogen and oxygen atoms in total. The average molecular weight is 487 g/mol. The largest absolute Gasteiger partial charge is 1.00 e. The Morgan fingerprint density at radius 1 is 0.844 bits per heavy atom. The van der Waals surface area contributed by atoms with Crippen LogP contribution in [0.25, 0.3) is 0 Å². The minimum absolute atomic E-state index is 0. The van der Waals surface area contributed by atoms with Crippen LogP contribution in [0.3, 0.4) is 0 Å². The summed E-state index contributed by atoms with van der Waals surface area (Å²) in [6.45, 7) is 2.23. The van der Waals surface area contributed by atoms with Crippen LogP contribution in [0.4, 0.5) is 0 Å². The van der Waals surface area contributed by atoms with E-state index in [1.54, 1.807) is 24.3 Å². The van der Waals surface area contributed by atoms with E-state index in [0.29, 0.717) is 17.7 Å². The Labute approximate surface area is 236 Å². The number of hydrogen-bond acceptors (Lipinski definition) is 4. The van der Waals surface area contributed by atoms with E-state index in [1.165, 1.54) is 57.4 Å². The summed E-state index contributed by atoms with van der Waals surface area (Å²) in [6, 6.07) is 11.1. The topological polar surface area (TPSA) is 86.7 Å². The molecule has 0 spiro atoms. The van der Waals surface area contributed by atoms with Gasteiger partial charge in [0, 0.05) is 0 Å². The first-order valence-electron chi connectivity index (χ1n) is 11.5. The maximum absolute atomic E-state index is 12.0. The Kier molecular flexibility index (Phi) is 15.0. The molecule has 0 unspecified atom stereocenters. The summed E-state index contributed by atoms with van der Waals surface area (Å²) in [5.74, 6) is 0.0396. The standard InChI is InChI=1S/C25H36O5S.K/c1-2-3-4-5-6-7-8-9-10-11-13-16-21-19-22(26)20-24(31(27,28)29)25(21)30-23-17-14-12-15-18-23;/h12,14-15,17-20,26H,2-11,13,16H2,1H3,(H,27,28,29);/q;+1/p-1. The first kappa shape index (κ1) is 29.6. The molecule has 0 radical (unpaired) electrons. The van der Waals surface area contributed by atoms with Crippen molar-refractivity contribution in [2.24, 2.45) is 0 Å². The van der Waals surface area contributed by atoms with Gasteiger partial charge in [-0.25, -0.2) is 0 Å². The molecule has 2 aromatic rings. The van der Waals surface area contributed by atoms with Crippen LogP contribution in [0.5, 0.6) is 17.2 Å². The zero-order chi connectivity index (χ0) is 22.5. The van der Waals surface area contributed by atoms with E-state index in [1.807, 2.05) is 6.07 Å². The van der Waals surface area contributed by atoms with Gasteiger partial charge >= 0.3 is 51.4 Å². The summed E-state index contributed by atoms with van der Waals surface area (Å²) in [7, 11) is -4.58. The molecule has 0 aromatic heterocycles. The Bertz CT molecular complexity index is 885. The van der Waals surface area contributed by atoms with E-state index in [4.69, 9.17) is 4.74 Å². The molecule has 32 heavy (non-hydrogen) atoms. The van der Waals surface area contributed by atoms with Crippen molar-refractivity contribution >= 4 is 10.1 Å². The molecule has 0 aliphatic carbocycles. The third-order valence-electron chi connectivity index (χ3n) is 5.40. The van der Waals surface area contributed by atoms with Gasteiger partial charge in [0.2, 0.25) is 0 Å². The number of para-hydroxylation sites is 1. The minimum Gasteiger partial charge on any atom is -0.872 e. The quantitative estimate of drug-likeness (QED) is 0.236. The molecule has 1 N–H and O–H groups in total. The molecule has 172 valence electrons. The molecule has 0 atom stereocenters. The van der Waals surface area contributed by atoms with Crippen LogP contribution in [0.1, 0.15) is 83.1 Å². The van der Waals surface area contributed by atoms with Crippen molar-refractivity contribution in [3.63, 3.8) is 0 Å². The van der Waals surface area contributed by atoms with Crippen molar-refractivity contribution in [3.05, 3.63) is 48.0 Å². The maximum Gasteiger partial charge on any atom is 1.00 e. The van der Waals surface area contributed by atoms with Crippen molar-refractivity contribution in [2.75, 3.05) is 0 Å². The van der Waals surface area contributed by atoms with Crippen LogP contribution in [0.2, 0.25) is 0 Å². The Balaban J connectivity index is 0.00000512. The van der Waals surface area contributed by atoms with Crippen LogP contribution in [0.15, 0.2) is 47.4 Å². The fraction of sp³-hybridized carbons (Fsp3) is 0.520. The van der Waals surface area contributed by atoms with Crippen molar-refractivity contribution in [1.82, 2.24) is 0 Å². The summed E-state index contributed by atoms with van der Waals surface area (Å²) in [4.78, 5) is -0.470. The monoisotopic (exact) mass is 486 g/mol. The predicted molar refractivity (Wildman–Crippen MR) is 122 cm³/mol. The number of aryl methyl sites for hydroxylation is 1. The molecule has 2 rings (SSSR count). The number of unbranched alkanes of at least 4 members (excludes halogenated alkanes) is 10. The minimum atomic E-state index is -4.58. The molecule has 0 amide bonds. The van der Waals surface area contributed by atoms with Gasteiger partial charge in [-0.1, -0.05) is 95.4 Å². The van der Waals surface area contributed by atoms with E-state index in [2.05, 4.69) is 6.92 Å². The smallest absolute Gasteiger partial charge is 0.872 e. The van der Waals surface area contributed by atoms with Gasteiger partial charge in [0.25, 0.3) is 10.1 Å². The fourth-order valence-electron chi connectivity index (χ4n) is 3.71. The summed E-state index contributed by atoms with van der Waals surface area (Å²) in [6.07, 6.45) is 13.8. The molecule has 0 aliphatic rings. The van der Waals surface area contributed by atoms with Crippen molar-refractivity contribution in [3.8, 4) is 17.2 Å². The zero-order valence-corrected chi connectivity index (χ0v) is 23.5. The van der Waals surface area contributed by atoms with Gasteiger partial charge in [-0.15, -0.1) is 5.75 Å². The molecule has 0 aliphatic heterocycles. The molecule has 0 heterocycles. The normalized spacial score (nSPS) is 11.2. The average Bonchev–Trinajstić information content (AvgIpc) is 2.73. The van der Waals surface area contributed by atoms with Crippen LogP contribution >= 0.6 is 0 Å². The Morgan fingerprint density at radius 2 is 1.38 bits per heavy atom. The Hall–Kier alpha value is -0.414. The molecule has 7 heteroatoms. The number of hydrogen-bond donors (Lipinski definition) is 1. The first-order valence-corrected chi connectivity index (χ1v) is 12.9. The molecular weight excluding hydrogens is 451 g/mol. The summed E-state index contributed by atoms with van der Waals surface area (Å²) < 4.78 is 39.1. The SMILES string of the molecule is CCCCCCCCCCCCCc1cc([O-])cc(S(=O)(=O)O)c1Oc1ccccc1.[K+]. The zero-order valence-electron chi connectivity index (χ0n) is 19.5. The molecule has 0 bridgehead atoms. The van der Waals surface area contributed by atoms with E-state index in [0.717, 1.165) is 25.3 Å². The third-order valence-corrected chi connectivity index (χ3v) is 6.26. The fourth-order valence-corrected chi connectivity index (χ4v) is 4.38. The van der Waals surface area contributed by atoms with Gasteiger partial charge in [-0.2, -0.15) is 8.42 Å². The van der Waals surface area contributed by atoms with Crippen molar-refractivity contribution in [2.45, 2.75) is 88.9 Å². The number of rotatable bonds is 15. The van der Waals surface area contributed by atoms with E-state index in [-0.39, 0.29) is 57.1 Å². The molecule has 0 saturated carbocycles. The predicted octanol–water partition coefficient (Wildman–Crippen LogP) is 3.66. The molecule has 0 saturated heterocycles.